The second-order valence-corrected chi connectivity index (χ2v) is 6.13. The quantitative estimate of drug-likeness (QED) is 0.761. The third kappa shape index (κ3) is 2.50. The normalized spacial score (nSPS) is 18.0. The van der Waals surface area contributed by atoms with Crippen LogP contribution in [0.3, 0.4) is 0 Å². The fourth-order valence-corrected chi connectivity index (χ4v) is 3.50. The number of piperidine rings is 1. The van der Waals surface area contributed by atoms with Crippen molar-refractivity contribution in [2.45, 2.75) is 25.3 Å². The maximum Gasteiger partial charge on any atom is 0.255 e. The number of aromatic amines is 2. The number of para-hydroxylation sites is 1. The zero-order chi connectivity index (χ0) is 16.5. The molecule has 1 fully saturated rings. The number of hydrogen-bond donors (Lipinski definition) is 2. The molecule has 1 saturated heterocycles. The number of rotatable bonds is 2. The van der Waals surface area contributed by atoms with Gasteiger partial charge in [0.05, 0.1) is 17.8 Å². The number of fused-ring (bicyclic) bond motifs is 1. The van der Waals surface area contributed by atoms with Gasteiger partial charge in [-0.25, -0.2) is 0 Å². The second-order valence-electron chi connectivity index (χ2n) is 6.13. The summed E-state index contributed by atoms with van der Waals surface area (Å²) in [6.07, 6.45) is 6.57. The Morgan fingerprint density at radius 3 is 2.96 bits per heavy atom. The van der Waals surface area contributed by atoms with Gasteiger partial charge >= 0.3 is 0 Å². The standard InChI is InChI=1S/C18H18N4O2/c23-17-9-14(13-5-1-2-6-15(13)21-17)18(24)22-8-4-3-7-16(22)12-10-19-20-11-12/h1-2,5-6,9-11,16H,3-4,7-8H2,(H,19,20)(H,21,23)/t16-/m1/s1. The van der Waals surface area contributed by atoms with E-state index >= 15 is 0 Å². The Balaban J connectivity index is 1.79. The molecule has 0 bridgehead atoms. The van der Waals surface area contributed by atoms with Gasteiger partial charge in [0.15, 0.2) is 0 Å². The van der Waals surface area contributed by atoms with Gasteiger partial charge in [-0.1, -0.05) is 18.2 Å². The molecule has 2 N–H and O–H groups in total. The van der Waals surface area contributed by atoms with Crippen LogP contribution in [-0.4, -0.2) is 32.5 Å². The van der Waals surface area contributed by atoms with E-state index in [2.05, 4.69) is 15.2 Å². The van der Waals surface area contributed by atoms with Crippen LogP contribution in [0.4, 0.5) is 0 Å². The maximum atomic E-state index is 13.2. The van der Waals surface area contributed by atoms with E-state index in [1.165, 1.54) is 6.07 Å². The first-order valence-electron chi connectivity index (χ1n) is 8.16. The zero-order valence-corrected chi connectivity index (χ0v) is 13.2. The molecule has 0 saturated carbocycles. The van der Waals surface area contributed by atoms with Crippen molar-refractivity contribution in [3.05, 3.63) is 64.2 Å². The number of amides is 1. The van der Waals surface area contributed by atoms with E-state index < -0.39 is 0 Å². The third-order valence-corrected chi connectivity index (χ3v) is 4.65. The minimum absolute atomic E-state index is 0.00282. The van der Waals surface area contributed by atoms with Crippen molar-refractivity contribution in [2.75, 3.05) is 6.54 Å². The molecule has 2 aromatic heterocycles. The lowest BCUT2D eigenvalue weighted by molar-refractivity contribution is 0.0613. The van der Waals surface area contributed by atoms with Crippen LogP contribution in [-0.2, 0) is 0 Å². The first kappa shape index (κ1) is 14.7. The van der Waals surface area contributed by atoms with E-state index in [1.807, 2.05) is 35.4 Å². The van der Waals surface area contributed by atoms with Crippen molar-refractivity contribution < 1.29 is 4.79 Å². The van der Waals surface area contributed by atoms with E-state index in [0.29, 0.717) is 17.6 Å². The van der Waals surface area contributed by atoms with E-state index in [0.717, 1.165) is 30.2 Å². The van der Waals surface area contributed by atoms with Crippen LogP contribution < -0.4 is 5.56 Å². The van der Waals surface area contributed by atoms with Gasteiger partial charge in [0.1, 0.15) is 0 Å². The number of benzene rings is 1. The summed E-state index contributed by atoms with van der Waals surface area (Å²) in [7, 11) is 0. The third-order valence-electron chi connectivity index (χ3n) is 4.65. The van der Waals surface area contributed by atoms with Crippen molar-refractivity contribution in [1.82, 2.24) is 20.1 Å². The maximum absolute atomic E-state index is 13.2. The molecule has 6 heteroatoms. The summed E-state index contributed by atoms with van der Waals surface area (Å²) in [5.41, 5.74) is 1.90. The van der Waals surface area contributed by atoms with Crippen LogP contribution in [0.1, 0.15) is 41.2 Å². The predicted molar refractivity (Wildman–Crippen MR) is 90.8 cm³/mol. The molecule has 0 unspecified atom stereocenters. The Kier molecular flexibility index (Phi) is 3.65. The summed E-state index contributed by atoms with van der Waals surface area (Å²) in [5, 5.41) is 7.61. The monoisotopic (exact) mass is 322 g/mol. The molecule has 24 heavy (non-hydrogen) atoms. The highest BCUT2D eigenvalue weighted by Gasteiger charge is 2.30. The second kappa shape index (κ2) is 5.96. The van der Waals surface area contributed by atoms with Crippen LogP contribution in [0.25, 0.3) is 10.9 Å². The van der Waals surface area contributed by atoms with Gasteiger partial charge in [0, 0.05) is 35.3 Å². The average molecular weight is 322 g/mol. The molecule has 1 aromatic carbocycles. The Labute approximate surface area is 138 Å². The van der Waals surface area contributed by atoms with Crippen molar-refractivity contribution in [2.24, 2.45) is 0 Å². The molecule has 0 aliphatic carbocycles. The summed E-state index contributed by atoms with van der Waals surface area (Å²) >= 11 is 0. The van der Waals surface area contributed by atoms with E-state index in [4.69, 9.17) is 0 Å². The minimum Gasteiger partial charge on any atom is -0.331 e. The van der Waals surface area contributed by atoms with E-state index in [9.17, 15) is 9.59 Å². The fourth-order valence-electron chi connectivity index (χ4n) is 3.50. The number of carbonyl (C=O) groups excluding carboxylic acids is 1. The molecule has 1 aliphatic rings. The van der Waals surface area contributed by atoms with E-state index in [1.54, 1.807) is 6.20 Å². The number of hydrogen-bond acceptors (Lipinski definition) is 3. The Morgan fingerprint density at radius 2 is 2.12 bits per heavy atom. The van der Waals surface area contributed by atoms with Crippen molar-refractivity contribution in [1.29, 1.82) is 0 Å². The summed E-state index contributed by atoms with van der Waals surface area (Å²) in [4.78, 5) is 29.8. The van der Waals surface area contributed by atoms with Crippen LogP contribution in [0.5, 0.6) is 0 Å². The highest BCUT2D eigenvalue weighted by atomic mass is 16.2. The largest absolute Gasteiger partial charge is 0.331 e. The highest BCUT2D eigenvalue weighted by molar-refractivity contribution is 6.06. The van der Waals surface area contributed by atoms with Gasteiger partial charge in [0.25, 0.3) is 5.91 Å². The fraction of sp³-hybridized carbons (Fsp3) is 0.278. The van der Waals surface area contributed by atoms with Crippen LogP contribution in [0.2, 0.25) is 0 Å². The van der Waals surface area contributed by atoms with Crippen LogP contribution >= 0.6 is 0 Å². The highest BCUT2D eigenvalue weighted by Crippen LogP contribution is 2.32. The predicted octanol–water partition coefficient (Wildman–Crippen LogP) is 2.62. The van der Waals surface area contributed by atoms with Gasteiger partial charge in [-0.05, 0) is 25.3 Å². The first-order valence-corrected chi connectivity index (χ1v) is 8.16. The van der Waals surface area contributed by atoms with Gasteiger partial charge in [-0.3, -0.25) is 14.7 Å². The van der Waals surface area contributed by atoms with Crippen LogP contribution in [0.15, 0.2) is 47.5 Å². The number of H-pyrrole nitrogens is 2. The summed E-state index contributed by atoms with van der Waals surface area (Å²) in [5.74, 6) is -0.0943. The smallest absolute Gasteiger partial charge is 0.255 e. The lowest BCUT2D eigenvalue weighted by Gasteiger charge is -2.35. The summed E-state index contributed by atoms with van der Waals surface area (Å²) in [6.45, 7) is 0.690. The van der Waals surface area contributed by atoms with Crippen molar-refractivity contribution in [3.8, 4) is 0 Å². The average Bonchev–Trinajstić information content (AvgIpc) is 3.15. The minimum atomic E-state index is -0.256. The van der Waals surface area contributed by atoms with Gasteiger partial charge < -0.3 is 9.88 Å². The molecule has 1 amide bonds. The molecule has 122 valence electrons. The number of nitrogens with zero attached hydrogens (tertiary/aromatic N) is 2. The lowest BCUT2D eigenvalue weighted by atomic mass is 9.96. The SMILES string of the molecule is O=C(c1cc(=O)[nH]c2ccccc12)N1CCCC[C@@H]1c1cn[nH]c1. The van der Waals surface area contributed by atoms with Crippen LogP contribution in [0, 0.1) is 0 Å². The van der Waals surface area contributed by atoms with Crippen molar-refractivity contribution >= 4 is 16.8 Å². The summed E-state index contributed by atoms with van der Waals surface area (Å²) in [6, 6.07) is 8.82. The van der Waals surface area contributed by atoms with Gasteiger partial charge in [-0.2, -0.15) is 5.10 Å². The number of aromatic nitrogens is 3. The molecule has 3 heterocycles. The molecule has 6 nitrogen and oxygen atoms in total. The van der Waals surface area contributed by atoms with Crippen molar-refractivity contribution in [3.63, 3.8) is 0 Å². The number of carbonyl (C=O) groups is 1. The number of pyridine rings is 1. The number of nitrogens with one attached hydrogen (secondary N) is 2. The summed E-state index contributed by atoms with van der Waals surface area (Å²) < 4.78 is 0. The molecular formula is C18H18N4O2. The molecule has 1 aliphatic heterocycles. The zero-order valence-electron chi connectivity index (χ0n) is 13.2. The topological polar surface area (TPSA) is 81.8 Å². The molecule has 0 spiro atoms. The first-order chi connectivity index (χ1) is 11.7. The molecule has 3 aromatic rings. The van der Waals surface area contributed by atoms with E-state index in [-0.39, 0.29) is 17.5 Å². The van der Waals surface area contributed by atoms with Gasteiger partial charge in [0.2, 0.25) is 5.56 Å². The molecule has 1 atom stereocenters. The Hall–Kier alpha value is -2.89. The number of likely N-dealkylation sites (tertiary alicyclic amines) is 1. The molecule has 0 radical (unpaired) electrons. The Bertz CT molecular complexity index is 930. The molecule has 4 rings (SSSR count). The van der Waals surface area contributed by atoms with Gasteiger partial charge in [-0.15, -0.1) is 0 Å². The lowest BCUT2D eigenvalue weighted by Crippen LogP contribution is -2.38. The molecular weight excluding hydrogens is 304 g/mol. The Morgan fingerprint density at radius 1 is 1.25 bits per heavy atom.